The average Bonchev–Trinajstić information content (AvgIpc) is 3.41. The van der Waals surface area contributed by atoms with Crippen LogP contribution in [0.1, 0.15) is 16.8 Å². The Bertz CT molecular complexity index is 1100. The molecule has 0 aliphatic rings. The fourth-order valence-corrected chi connectivity index (χ4v) is 2.92. The molecule has 2 aromatic carbocycles. The van der Waals surface area contributed by atoms with Gasteiger partial charge in [-0.05, 0) is 29.3 Å². The lowest BCUT2D eigenvalue weighted by atomic mass is 10.1. The monoisotopic (exact) mass is 384 g/mol. The lowest BCUT2D eigenvalue weighted by molar-refractivity contribution is -0.111. The molecule has 0 aliphatic carbocycles. The van der Waals surface area contributed by atoms with Crippen LogP contribution in [0.4, 0.5) is 5.69 Å². The van der Waals surface area contributed by atoms with Crippen molar-refractivity contribution in [1.29, 1.82) is 0 Å². The van der Waals surface area contributed by atoms with Gasteiger partial charge in [-0.2, -0.15) is 5.10 Å². The van der Waals surface area contributed by atoms with Crippen LogP contribution in [0.15, 0.2) is 85.3 Å². The van der Waals surface area contributed by atoms with Crippen molar-refractivity contribution in [3.63, 3.8) is 0 Å². The van der Waals surface area contributed by atoms with Crippen molar-refractivity contribution < 1.29 is 4.79 Å². The van der Waals surface area contributed by atoms with Gasteiger partial charge in [0.05, 0.1) is 19.3 Å². The maximum absolute atomic E-state index is 12.4. The topological polar surface area (TPSA) is 77.6 Å². The molecule has 0 saturated heterocycles. The molecule has 0 bridgehead atoms. The molecule has 29 heavy (non-hydrogen) atoms. The van der Waals surface area contributed by atoms with Crippen LogP contribution < -0.4 is 5.32 Å². The van der Waals surface area contributed by atoms with Gasteiger partial charge in [0.1, 0.15) is 5.69 Å². The molecular formula is C22H20N6O. The van der Waals surface area contributed by atoms with Gasteiger partial charge in [0.25, 0.3) is 0 Å². The summed E-state index contributed by atoms with van der Waals surface area (Å²) < 4.78 is 3.55. The molecule has 4 aromatic rings. The zero-order chi connectivity index (χ0) is 19.9. The number of amides is 1. The molecule has 0 fully saturated rings. The summed E-state index contributed by atoms with van der Waals surface area (Å²) in [7, 11) is 0. The first-order chi connectivity index (χ1) is 14.3. The van der Waals surface area contributed by atoms with Crippen molar-refractivity contribution in [2.24, 2.45) is 0 Å². The molecular weight excluding hydrogens is 364 g/mol. The molecule has 144 valence electrons. The highest BCUT2D eigenvalue weighted by atomic mass is 16.1. The molecule has 1 amide bonds. The van der Waals surface area contributed by atoms with Crippen molar-refractivity contribution in [2.45, 2.75) is 13.1 Å². The van der Waals surface area contributed by atoms with E-state index >= 15 is 0 Å². The van der Waals surface area contributed by atoms with Gasteiger partial charge < -0.3 is 5.32 Å². The molecule has 0 radical (unpaired) electrons. The zero-order valence-electron chi connectivity index (χ0n) is 15.7. The standard InChI is InChI=1S/C22H20N6O/c29-22(24-21-10-5-4-9-19(21)16-27-14-6-13-23-27)12-11-20-17-28(26-25-20)15-18-7-2-1-3-8-18/h1-14,17H,15-16H2,(H,24,29)/b12-11+. The lowest BCUT2D eigenvalue weighted by Crippen LogP contribution is -2.11. The Labute approximate surface area is 168 Å². The van der Waals surface area contributed by atoms with E-state index < -0.39 is 0 Å². The van der Waals surface area contributed by atoms with E-state index in [1.807, 2.05) is 77.7 Å². The normalized spacial score (nSPS) is 11.0. The summed E-state index contributed by atoms with van der Waals surface area (Å²) in [6.45, 7) is 1.22. The van der Waals surface area contributed by atoms with E-state index in [-0.39, 0.29) is 5.91 Å². The maximum atomic E-state index is 12.4. The smallest absolute Gasteiger partial charge is 0.248 e. The molecule has 7 heteroatoms. The van der Waals surface area contributed by atoms with Gasteiger partial charge in [-0.1, -0.05) is 53.7 Å². The Kier molecular flexibility index (Phi) is 5.57. The maximum Gasteiger partial charge on any atom is 0.248 e. The number of nitrogens with one attached hydrogen (secondary N) is 1. The minimum atomic E-state index is -0.226. The minimum Gasteiger partial charge on any atom is -0.322 e. The fourth-order valence-electron chi connectivity index (χ4n) is 2.92. The van der Waals surface area contributed by atoms with E-state index in [1.54, 1.807) is 17.0 Å². The number of anilines is 1. The molecule has 2 aromatic heterocycles. The molecule has 0 saturated carbocycles. The molecule has 2 heterocycles. The Morgan fingerprint density at radius 2 is 1.79 bits per heavy atom. The number of carbonyl (C=O) groups is 1. The number of benzene rings is 2. The lowest BCUT2D eigenvalue weighted by Gasteiger charge is -2.09. The van der Waals surface area contributed by atoms with Crippen molar-refractivity contribution in [3.05, 3.63) is 102 Å². The molecule has 1 N–H and O–H groups in total. The summed E-state index contributed by atoms with van der Waals surface area (Å²) in [4.78, 5) is 12.4. The second-order valence-corrected chi connectivity index (χ2v) is 6.51. The summed E-state index contributed by atoms with van der Waals surface area (Å²) in [6, 6.07) is 19.6. The van der Waals surface area contributed by atoms with Gasteiger partial charge in [-0.25, -0.2) is 4.68 Å². The second-order valence-electron chi connectivity index (χ2n) is 6.51. The highest BCUT2D eigenvalue weighted by molar-refractivity contribution is 6.02. The van der Waals surface area contributed by atoms with Crippen molar-refractivity contribution in [3.8, 4) is 0 Å². The third-order valence-corrected chi connectivity index (χ3v) is 4.32. The SMILES string of the molecule is O=C(/C=C/c1cn(Cc2ccccc2)nn1)Nc1ccccc1Cn1cccn1. The number of hydrogen-bond acceptors (Lipinski definition) is 4. The number of hydrogen-bond donors (Lipinski definition) is 1. The van der Waals surface area contributed by atoms with Gasteiger partial charge in [-0.3, -0.25) is 9.48 Å². The van der Waals surface area contributed by atoms with Crippen LogP contribution in [0.3, 0.4) is 0 Å². The quantitative estimate of drug-likeness (QED) is 0.496. The summed E-state index contributed by atoms with van der Waals surface area (Å²) >= 11 is 0. The number of rotatable bonds is 7. The van der Waals surface area contributed by atoms with Crippen LogP contribution in [-0.2, 0) is 17.9 Å². The van der Waals surface area contributed by atoms with Gasteiger partial charge in [-0.15, -0.1) is 5.10 Å². The van der Waals surface area contributed by atoms with Crippen molar-refractivity contribution >= 4 is 17.7 Å². The third-order valence-electron chi connectivity index (χ3n) is 4.32. The predicted molar refractivity (Wildman–Crippen MR) is 111 cm³/mol. The van der Waals surface area contributed by atoms with Crippen LogP contribution in [-0.4, -0.2) is 30.7 Å². The molecule has 0 unspecified atom stereocenters. The second kappa shape index (κ2) is 8.79. The Morgan fingerprint density at radius 1 is 0.966 bits per heavy atom. The van der Waals surface area contributed by atoms with Gasteiger partial charge in [0.15, 0.2) is 0 Å². The molecule has 0 atom stereocenters. The highest BCUT2D eigenvalue weighted by Gasteiger charge is 2.06. The molecule has 7 nitrogen and oxygen atoms in total. The number of para-hydroxylation sites is 1. The zero-order valence-corrected chi connectivity index (χ0v) is 15.7. The van der Waals surface area contributed by atoms with E-state index in [4.69, 9.17) is 0 Å². The average molecular weight is 384 g/mol. The van der Waals surface area contributed by atoms with E-state index in [2.05, 4.69) is 20.7 Å². The van der Waals surface area contributed by atoms with Gasteiger partial charge >= 0.3 is 0 Å². The molecule has 4 rings (SSSR count). The minimum absolute atomic E-state index is 0.226. The van der Waals surface area contributed by atoms with E-state index in [9.17, 15) is 4.79 Å². The first-order valence-corrected chi connectivity index (χ1v) is 9.25. The number of nitrogens with zero attached hydrogens (tertiary/aromatic N) is 5. The van der Waals surface area contributed by atoms with Crippen molar-refractivity contribution in [2.75, 3.05) is 5.32 Å². The Balaban J connectivity index is 1.38. The highest BCUT2D eigenvalue weighted by Crippen LogP contribution is 2.16. The summed E-state index contributed by atoms with van der Waals surface area (Å²) in [6.07, 6.45) is 8.54. The molecule has 0 spiro atoms. The van der Waals surface area contributed by atoms with Gasteiger partial charge in [0.2, 0.25) is 5.91 Å². The number of aromatic nitrogens is 5. The third kappa shape index (κ3) is 5.04. The van der Waals surface area contributed by atoms with E-state index in [1.165, 1.54) is 6.08 Å². The Morgan fingerprint density at radius 3 is 2.62 bits per heavy atom. The van der Waals surface area contributed by atoms with Crippen LogP contribution in [0.25, 0.3) is 6.08 Å². The van der Waals surface area contributed by atoms with E-state index in [0.29, 0.717) is 18.8 Å². The Hall–Kier alpha value is -4.00. The first kappa shape index (κ1) is 18.4. The largest absolute Gasteiger partial charge is 0.322 e. The van der Waals surface area contributed by atoms with Crippen LogP contribution >= 0.6 is 0 Å². The van der Waals surface area contributed by atoms with Crippen molar-refractivity contribution in [1.82, 2.24) is 24.8 Å². The van der Waals surface area contributed by atoms with Crippen LogP contribution in [0.2, 0.25) is 0 Å². The first-order valence-electron chi connectivity index (χ1n) is 9.25. The summed E-state index contributed by atoms with van der Waals surface area (Å²) in [5.74, 6) is -0.226. The van der Waals surface area contributed by atoms with Crippen LogP contribution in [0.5, 0.6) is 0 Å². The number of carbonyl (C=O) groups excluding carboxylic acids is 1. The summed E-state index contributed by atoms with van der Waals surface area (Å²) in [5, 5.41) is 15.3. The fraction of sp³-hybridized carbons (Fsp3) is 0.0909. The van der Waals surface area contributed by atoms with E-state index in [0.717, 1.165) is 16.8 Å². The molecule has 0 aliphatic heterocycles. The van der Waals surface area contributed by atoms with Gasteiger partial charge in [0, 0.05) is 24.2 Å². The predicted octanol–water partition coefficient (Wildman–Crippen LogP) is 3.22. The summed E-state index contributed by atoms with van der Waals surface area (Å²) in [5.41, 5.74) is 3.50. The van der Waals surface area contributed by atoms with Crippen LogP contribution in [0, 0.1) is 0 Å².